The van der Waals surface area contributed by atoms with Crippen molar-refractivity contribution in [3.63, 3.8) is 0 Å². The number of amides is 2. The maximum absolute atomic E-state index is 12.5. The van der Waals surface area contributed by atoms with Gasteiger partial charge in [0.15, 0.2) is 0 Å². The van der Waals surface area contributed by atoms with Crippen LogP contribution < -0.4 is 5.32 Å². The molecule has 6 heteroatoms. The molecule has 0 spiro atoms. The van der Waals surface area contributed by atoms with Crippen molar-refractivity contribution in [2.24, 2.45) is 5.92 Å². The summed E-state index contributed by atoms with van der Waals surface area (Å²) in [5, 5.41) is 12.1. The van der Waals surface area contributed by atoms with Crippen LogP contribution in [0.3, 0.4) is 0 Å². The number of carbonyl (C=O) groups excluding carboxylic acids is 2. The lowest BCUT2D eigenvalue weighted by Crippen LogP contribution is -2.28. The average molecular weight is 368 g/mol. The molecule has 0 aliphatic carbocycles. The summed E-state index contributed by atoms with van der Waals surface area (Å²) in [7, 11) is 0. The average Bonchev–Trinajstić information content (AvgIpc) is 2.99. The number of aryl methyl sites for hydroxylation is 1. The molecular weight excluding hydrogens is 350 g/mol. The third-order valence-corrected chi connectivity index (χ3v) is 4.76. The Bertz CT molecular complexity index is 887. The molecule has 2 aromatic rings. The van der Waals surface area contributed by atoms with Crippen LogP contribution in [0.2, 0.25) is 5.02 Å². The Labute approximate surface area is 157 Å². The van der Waals surface area contributed by atoms with E-state index in [1.165, 1.54) is 11.6 Å². The van der Waals surface area contributed by atoms with E-state index in [1.54, 1.807) is 17.0 Å². The summed E-state index contributed by atoms with van der Waals surface area (Å²) in [5.41, 5.74) is 3.01. The molecule has 1 N–H and O–H groups in total. The highest BCUT2D eigenvalue weighted by atomic mass is 35.5. The first-order valence-electron chi connectivity index (χ1n) is 8.30. The van der Waals surface area contributed by atoms with E-state index in [1.807, 2.05) is 37.3 Å². The number of anilines is 1. The number of carbonyl (C=O) groups is 2. The van der Waals surface area contributed by atoms with Crippen molar-refractivity contribution >= 4 is 29.1 Å². The van der Waals surface area contributed by atoms with Gasteiger partial charge in [0.2, 0.25) is 11.8 Å². The van der Waals surface area contributed by atoms with Crippen molar-refractivity contribution in [1.29, 1.82) is 5.26 Å². The van der Waals surface area contributed by atoms with Gasteiger partial charge in [-0.05, 0) is 30.7 Å². The van der Waals surface area contributed by atoms with Gasteiger partial charge in [-0.15, -0.1) is 0 Å². The van der Waals surface area contributed by atoms with Crippen LogP contribution in [0.4, 0.5) is 5.69 Å². The maximum atomic E-state index is 12.5. The highest BCUT2D eigenvalue weighted by Crippen LogP contribution is 2.24. The number of hydrogen-bond acceptors (Lipinski definition) is 3. The van der Waals surface area contributed by atoms with Gasteiger partial charge in [-0.25, -0.2) is 0 Å². The molecule has 2 amide bonds. The van der Waals surface area contributed by atoms with E-state index in [9.17, 15) is 9.59 Å². The second-order valence-corrected chi connectivity index (χ2v) is 6.86. The number of rotatable bonds is 4. The summed E-state index contributed by atoms with van der Waals surface area (Å²) in [4.78, 5) is 26.4. The molecule has 0 bridgehead atoms. The van der Waals surface area contributed by atoms with Crippen LogP contribution in [0.25, 0.3) is 0 Å². The Morgan fingerprint density at radius 2 is 2.04 bits per heavy atom. The van der Waals surface area contributed by atoms with Crippen LogP contribution in [0.5, 0.6) is 0 Å². The molecule has 2 aromatic carbocycles. The van der Waals surface area contributed by atoms with Crippen molar-refractivity contribution in [2.45, 2.75) is 19.9 Å². The fourth-order valence-electron chi connectivity index (χ4n) is 2.95. The fourth-order valence-corrected chi connectivity index (χ4v) is 3.11. The van der Waals surface area contributed by atoms with Crippen LogP contribution in [0, 0.1) is 24.2 Å². The van der Waals surface area contributed by atoms with Gasteiger partial charge in [-0.1, -0.05) is 41.4 Å². The minimum Gasteiger partial charge on any atom is -0.338 e. The predicted molar refractivity (Wildman–Crippen MR) is 99.5 cm³/mol. The molecule has 0 aromatic heterocycles. The first kappa shape index (κ1) is 18.0. The number of halogens is 1. The lowest BCUT2D eigenvalue weighted by Gasteiger charge is -2.17. The van der Waals surface area contributed by atoms with Gasteiger partial charge >= 0.3 is 0 Å². The first-order valence-corrected chi connectivity index (χ1v) is 8.68. The summed E-state index contributed by atoms with van der Waals surface area (Å²) in [6.45, 7) is 2.90. The standard InChI is InChI=1S/C20H18ClN3O2/c1-13-2-4-14(5-3-13)11-24-12-16(9-19(24)25)20(26)23-17-6-7-18(21)15(8-17)10-22/h2-8,16H,9,11-12H2,1H3,(H,23,26). The van der Waals surface area contributed by atoms with Crippen molar-refractivity contribution < 1.29 is 9.59 Å². The van der Waals surface area contributed by atoms with Crippen LogP contribution in [0.15, 0.2) is 42.5 Å². The zero-order valence-corrected chi connectivity index (χ0v) is 15.1. The maximum Gasteiger partial charge on any atom is 0.229 e. The van der Waals surface area contributed by atoms with Crippen LogP contribution in [-0.2, 0) is 16.1 Å². The van der Waals surface area contributed by atoms with Crippen LogP contribution >= 0.6 is 11.6 Å². The lowest BCUT2D eigenvalue weighted by atomic mass is 10.1. The van der Waals surface area contributed by atoms with Gasteiger partial charge in [0.1, 0.15) is 6.07 Å². The Hall–Kier alpha value is -2.84. The summed E-state index contributed by atoms with van der Waals surface area (Å²) in [6, 6.07) is 14.7. The molecule has 0 radical (unpaired) electrons. The SMILES string of the molecule is Cc1ccc(CN2CC(C(=O)Nc3ccc(Cl)c(C#N)c3)CC2=O)cc1. The molecule has 132 valence electrons. The van der Waals surface area contributed by atoms with Crippen molar-refractivity contribution in [3.8, 4) is 6.07 Å². The van der Waals surface area contributed by atoms with Crippen molar-refractivity contribution in [3.05, 3.63) is 64.2 Å². The topological polar surface area (TPSA) is 73.2 Å². The Balaban J connectivity index is 1.63. The molecule has 1 aliphatic heterocycles. The van der Waals surface area contributed by atoms with E-state index in [2.05, 4.69) is 5.32 Å². The van der Waals surface area contributed by atoms with Gasteiger partial charge < -0.3 is 10.2 Å². The zero-order valence-electron chi connectivity index (χ0n) is 14.3. The monoisotopic (exact) mass is 367 g/mol. The highest BCUT2D eigenvalue weighted by Gasteiger charge is 2.34. The Kier molecular flexibility index (Phi) is 5.24. The summed E-state index contributed by atoms with van der Waals surface area (Å²) < 4.78 is 0. The number of benzene rings is 2. The highest BCUT2D eigenvalue weighted by molar-refractivity contribution is 6.31. The molecule has 1 atom stereocenters. The predicted octanol–water partition coefficient (Wildman–Crippen LogP) is 3.51. The minimum absolute atomic E-state index is 0.0282. The van der Waals surface area contributed by atoms with E-state index in [0.29, 0.717) is 29.4 Å². The molecule has 0 saturated carbocycles. The number of nitrogens with zero attached hydrogens (tertiary/aromatic N) is 2. The summed E-state index contributed by atoms with van der Waals surface area (Å²) in [6.07, 6.45) is 0.191. The van der Waals surface area contributed by atoms with Gasteiger partial charge in [0.05, 0.1) is 16.5 Å². The van der Waals surface area contributed by atoms with E-state index in [0.717, 1.165) is 5.56 Å². The van der Waals surface area contributed by atoms with E-state index in [-0.39, 0.29) is 18.2 Å². The third kappa shape index (κ3) is 4.04. The fraction of sp³-hybridized carbons (Fsp3) is 0.250. The molecule has 1 unspecified atom stereocenters. The minimum atomic E-state index is -0.408. The summed E-state index contributed by atoms with van der Waals surface area (Å²) in [5.74, 6) is -0.662. The molecule has 1 fully saturated rings. The number of nitriles is 1. The molecule has 1 heterocycles. The van der Waals surface area contributed by atoms with Gasteiger partial charge in [0.25, 0.3) is 0 Å². The molecule has 1 saturated heterocycles. The van der Waals surface area contributed by atoms with E-state index >= 15 is 0 Å². The Morgan fingerprint density at radius 1 is 1.31 bits per heavy atom. The van der Waals surface area contributed by atoms with Gasteiger partial charge in [-0.3, -0.25) is 9.59 Å². The smallest absolute Gasteiger partial charge is 0.229 e. The van der Waals surface area contributed by atoms with E-state index < -0.39 is 5.92 Å². The second-order valence-electron chi connectivity index (χ2n) is 6.46. The van der Waals surface area contributed by atoms with Gasteiger partial charge in [-0.2, -0.15) is 5.26 Å². The summed E-state index contributed by atoms with van der Waals surface area (Å²) >= 11 is 5.90. The van der Waals surface area contributed by atoms with Gasteiger partial charge in [0, 0.05) is 25.2 Å². The third-order valence-electron chi connectivity index (χ3n) is 4.43. The number of hydrogen-bond donors (Lipinski definition) is 1. The number of nitrogens with one attached hydrogen (secondary N) is 1. The lowest BCUT2D eigenvalue weighted by molar-refractivity contribution is -0.128. The number of likely N-dealkylation sites (tertiary alicyclic amines) is 1. The first-order chi connectivity index (χ1) is 12.5. The molecular formula is C20H18ClN3O2. The quantitative estimate of drug-likeness (QED) is 0.898. The van der Waals surface area contributed by atoms with Crippen molar-refractivity contribution in [1.82, 2.24) is 4.90 Å². The zero-order chi connectivity index (χ0) is 18.7. The van der Waals surface area contributed by atoms with Crippen LogP contribution in [-0.4, -0.2) is 23.3 Å². The normalized spacial score (nSPS) is 16.4. The molecule has 5 nitrogen and oxygen atoms in total. The molecule has 26 heavy (non-hydrogen) atoms. The molecule has 3 rings (SSSR count). The molecule has 1 aliphatic rings. The largest absolute Gasteiger partial charge is 0.338 e. The second kappa shape index (κ2) is 7.59. The van der Waals surface area contributed by atoms with Crippen molar-refractivity contribution in [2.75, 3.05) is 11.9 Å². The Morgan fingerprint density at radius 3 is 2.73 bits per heavy atom. The van der Waals surface area contributed by atoms with E-state index in [4.69, 9.17) is 16.9 Å². The van der Waals surface area contributed by atoms with Crippen LogP contribution in [0.1, 0.15) is 23.1 Å².